The number of benzene rings is 8. The fourth-order valence-corrected chi connectivity index (χ4v) is 7.13. The van der Waals surface area contributed by atoms with Gasteiger partial charge in [0.25, 0.3) is 0 Å². The average molecular weight is 691 g/mol. The molecule has 0 saturated carbocycles. The third-order valence-electron chi connectivity index (χ3n) is 9.78. The average Bonchev–Trinajstić information content (AvgIpc) is 3.26. The van der Waals surface area contributed by atoms with E-state index in [4.69, 9.17) is 29.9 Å². The quantitative estimate of drug-likeness (QED) is 0.173. The van der Waals surface area contributed by atoms with Crippen LogP contribution in [0.25, 0.3) is 101 Å². The summed E-state index contributed by atoms with van der Waals surface area (Å²) in [7, 11) is 0. The summed E-state index contributed by atoms with van der Waals surface area (Å²) in [5.74, 6) is 3.71. The van der Waals surface area contributed by atoms with Crippen molar-refractivity contribution in [1.82, 2.24) is 29.9 Å². The molecule has 0 amide bonds. The molecular weight excluding hydrogens is 661 g/mol. The van der Waals surface area contributed by atoms with Crippen molar-refractivity contribution >= 4 is 32.3 Å². The lowest BCUT2D eigenvalue weighted by Crippen LogP contribution is -2.01. The molecule has 54 heavy (non-hydrogen) atoms. The zero-order valence-electron chi connectivity index (χ0n) is 29.0. The Morgan fingerprint density at radius 2 is 0.574 bits per heavy atom. The van der Waals surface area contributed by atoms with Crippen molar-refractivity contribution in [3.8, 4) is 68.3 Å². The molecule has 6 heteroatoms. The van der Waals surface area contributed by atoms with Crippen LogP contribution in [0.2, 0.25) is 0 Å². The first kappa shape index (κ1) is 31.3. The monoisotopic (exact) mass is 690 g/mol. The molecule has 252 valence electrons. The maximum atomic E-state index is 5.14. The van der Waals surface area contributed by atoms with E-state index in [1.807, 2.05) is 72.8 Å². The predicted octanol–water partition coefficient (Wildman–Crippen LogP) is 11.5. The van der Waals surface area contributed by atoms with Crippen LogP contribution < -0.4 is 0 Å². The molecule has 2 aromatic heterocycles. The first-order valence-corrected chi connectivity index (χ1v) is 17.9. The molecular formula is C48H30N6. The molecule has 0 aliphatic rings. The number of hydrogen-bond acceptors (Lipinski definition) is 6. The van der Waals surface area contributed by atoms with Crippen LogP contribution in [0.4, 0.5) is 0 Å². The highest BCUT2D eigenvalue weighted by Gasteiger charge is 2.18. The maximum Gasteiger partial charge on any atom is 0.164 e. The normalized spacial score (nSPS) is 11.3. The third kappa shape index (κ3) is 5.72. The van der Waals surface area contributed by atoms with E-state index in [0.717, 1.165) is 65.7 Å². The maximum absolute atomic E-state index is 5.14. The van der Waals surface area contributed by atoms with E-state index >= 15 is 0 Å². The van der Waals surface area contributed by atoms with Crippen LogP contribution in [-0.2, 0) is 0 Å². The van der Waals surface area contributed by atoms with Gasteiger partial charge in [0, 0.05) is 33.4 Å². The summed E-state index contributed by atoms with van der Waals surface area (Å²) in [6, 6.07) is 61.9. The molecule has 0 spiro atoms. The Kier molecular flexibility index (Phi) is 7.69. The SMILES string of the molecule is c1ccc(-c2nc(-c3ccc4c(-c5nc(-c6ccccc6)nc(-c6cccc7ccccc67)n5)cccc4c3)nc(-c3cccc4ccccc34)n2)cc1. The number of fused-ring (bicyclic) bond motifs is 3. The Balaban J connectivity index is 1.13. The molecule has 0 aliphatic heterocycles. The van der Waals surface area contributed by atoms with Gasteiger partial charge in [-0.15, -0.1) is 0 Å². The molecule has 6 nitrogen and oxygen atoms in total. The lowest BCUT2D eigenvalue weighted by molar-refractivity contribution is 1.08. The van der Waals surface area contributed by atoms with Crippen molar-refractivity contribution in [2.45, 2.75) is 0 Å². The zero-order chi connectivity index (χ0) is 35.8. The van der Waals surface area contributed by atoms with Crippen LogP contribution in [0.15, 0.2) is 182 Å². The van der Waals surface area contributed by atoms with Gasteiger partial charge in [-0.2, -0.15) is 0 Å². The molecule has 8 aromatic carbocycles. The standard InChI is InChI=1S/C48H30N6/c1-3-16-33(17-4-1)43-49-45(53-46(50-43)40-25-11-20-31-14-7-9-23-37(31)40)36-28-29-39-35(30-36)22-13-27-42(39)48-52-44(34-18-5-2-6-19-34)51-47(54-48)41-26-12-21-32-15-8-10-24-38(32)41/h1-30H. The van der Waals surface area contributed by atoms with Crippen molar-refractivity contribution in [3.63, 3.8) is 0 Å². The fourth-order valence-electron chi connectivity index (χ4n) is 7.13. The topological polar surface area (TPSA) is 77.3 Å². The van der Waals surface area contributed by atoms with E-state index in [1.165, 1.54) is 0 Å². The molecule has 2 heterocycles. The smallest absolute Gasteiger partial charge is 0.164 e. The van der Waals surface area contributed by atoms with Gasteiger partial charge in [0.15, 0.2) is 34.9 Å². The van der Waals surface area contributed by atoms with E-state index in [0.29, 0.717) is 34.9 Å². The largest absolute Gasteiger partial charge is 0.208 e. The predicted molar refractivity (Wildman–Crippen MR) is 218 cm³/mol. The van der Waals surface area contributed by atoms with Gasteiger partial charge in [-0.05, 0) is 38.4 Å². The Morgan fingerprint density at radius 1 is 0.222 bits per heavy atom. The molecule has 10 rings (SSSR count). The number of rotatable bonds is 6. The van der Waals surface area contributed by atoms with Gasteiger partial charge >= 0.3 is 0 Å². The minimum Gasteiger partial charge on any atom is -0.208 e. The van der Waals surface area contributed by atoms with Crippen LogP contribution in [0.1, 0.15) is 0 Å². The van der Waals surface area contributed by atoms with Crippen LogP contribution in [0, 0.1) is 0 Å². The van der Waals surface area contributed by atoms with Crippen LogP contribution in [0.3, 0.4) is 0 Å². The number of aromatic nitrogens is 6. The van der Waals surface area contributed by atoms with Gasteiger partial charge in [-0.3, -0.25) is 0 Å². The van der Waals surface area contributed by atoms with Crippen molar-refractivity contribution in [3.05, 3.63) is 182 Å². The molecule has 10 aromatic rings. The Labute approximate surface area is 311 Å². The van der Waals surface area contributed by atoms with E-state index in [9.17, 15) is 0 Å². The van der Waals surface area contributed by atoms with E-state index < -0.39 is 0 Å². The Morgan fingerprint density at radius 3 is 1.07 bits per heavy atom. The van der Waals surface area contributed by atoms with Crippen LogP contribution in [0.5, 0.6) is 0 Å². The summed E-state index contributed by atoms with van der Waals surface area (Å²) in [6.07, 6.45) is 0. The zero-order valence-corrected chi connectivity index (χ0v) is 29.0. The molecule has 0 bridgehead atoms. The van der Waals surface area contributed by atoms with Gasteiger partial charge in [-0.1, -0.05) is 176 Å². The van der Waals surface area contributed by atoms with E-state index in [2.05, 4.69) is 109 Å². The lowest BCUT2D eigenvalue weighted by atomic mass is 10.0. The molecule has 0 unspecified atom stereocenters. The summed E-state index contributed by atoms with van der Waals surface area (Å²) in [5.41, 5.74) is 5.58. The minimum atomic E-state index is 0.601. The highest BCUT2D eigenvalue weighted by atomic mass is 15.0. The van der Waals surface area contributed by atoms with Gasteiger partial charge in [0.2, 0.25) is 0 Å². The van der Waals surface area contributed by atoms with Crippen LogP contribution >= 0.6 is 0 Å². The highest BCUT2D eigenvalue weighted by molar-refractivity contribution is 5.99. The molecule has 0 radical (unpaired) electrons. The molecule has 0 atom stereocenters. The lowest BCUT2D eigenvalue weighted by Gasteiger charge is -2.13. The minimum absolute atomic E-state index is 0.601. The third-order valence-corrected chi connectivity index (χ3v) is 9.78. The first-order chi connectivity index (χ1) is 26.7. The van der Waals surface area contributed by atoms with Crippen molar-refractivity contribution in [1.29, 1.82) is 0 Å². The van der Waals surface area contributed by atoms with Gasteiger partial charge < -0.3 is 0 Å². The molecule has 0 fully saturated rings. The van der Waals surface area contributed by atoms with Gasteiger partial charge in [-0.25, -0.2) is 29.9 Å². The second-order valence-corrected chi connectivity index (χ2v) is 13.1. The van der Waals surface area contributed by atoms with Crippen LogP contribution in [-0.4, -0.2) is 29.9 Å². The summed E-state index contributed by atoms with van der Waals surface area (Å²) < 4.78 is 0. The molecule has 0 N–H and O–H groups in total. The molecule has 0 aliphatic carbocycles. The van der Waals surface area contributed by atoms with E-state index in [1.54, 1.807) is 0 Å². The summed E-state index contributed by atoms with van der Waals surface area (Å²) in [6.45, 7) is 0. The number of hydrogen-bond donors (Lipinski definition) is 0. The van der Waals surface area contributed by atoms with Crippen molar-refractivity contribution in [2.75, 3.05) is 0 Å². The van der Waals surface area contributed by atoms with Gasteiger partial charge in [0.1, 0.15) is 0 Å². The van der Waals surface area contributed by atoms with E-state index in [-0.39, 0.29) is 0 Å². The van der Waals surface area contributed by atoms with Gasteiger partial charge in [0.05, 0.1) is 0 Å². The summed E-state index contributed by atoms with van der Waals surface area (Å²) >= 11 is 0. The van der Waals surface area contributed by atoms with Crippen molar-refractivity contribution in [2.24, 2.45) is 0 Å². The second-order valence-electron chi connectivity index (χ2n) is 13.1. The first-order valence-electron chi connectivity index (χ1n) is 17.9. The van der Waals surface area contributed by atoms with Crippen molar-refractivity contribution < 1.29 is 0 Å². The summed E-state index contributed by atoms with van der Waals surface area (Å²) in [4.78, 5) is 30.4. The Hall–Kier alpha value is -7.44. The Bertz CT molecular complexity index is 2990. The second kappa shape index (κ2) is 13.3. The summed E-state index contributed by atoms with van der Waals surface area (Å²) in [5, 5.41) is 6.49. The molecule has 0 saturated heterocycles. The highest BCUT2D eigenvalue weighted by Crippen LogP contribution is 2.35. The fraction of sp³-hybridized carbons (Fsp3) is 0. The number of nitrogens with zero attached hydrogens (tertiary/aromatic N) is 6.